The minimum absolute atomic E-state index is 0.247. The van der Waals surface area contributed by atoms with E-state index in [1.54, 1.807) is 6.92 Å². The molecule has 0 heterocycles. The molecule has 0 atom stereocenters. The van der Waals surface area contributed by atoms with Crippen molar-refractivity contribution in [2.45, 2.75) is 39.7 Å². The number of benzene rings is 1. The summed E-state index contributed by atoms with van der Waals surface area (Å²) in [6.07, 6.45) is 1.47. The predicted molar refractivity (Wildman–Crippen MR) is 64.2 cm³/mol. The van der Waals surface area contributed by atoms with Gasteiger partial charge in [-0.25, -0.2) is 0 Å². The van der Waals surface area contributed by atoms with E-state index >= 15 is 0 Å². The van der Waals surface area contributed by atoms with Crippen LogP contribution in [0.4, 0.5) is 5.69 Å². The first kappa shape index (κ1) is 11.8. The Morgan fingerprint density at radius 3 is 2.73 bits per heavy atom. The Bertz CT molecular complexity index is 331. The molecule has 15 heavy (non-hydrogen) atoms. The van der Waals surface area contributed by atoms with Gasteiger partial charge in [-0.1, -0.05) is 12.1 Å². The molecule has 2 nitrogen and oxygen atoms in total. The zero-order valence-corrected chi connectivity index (χ0v) is 9.71. The number of hydrogen-bond acceptors (Lipinski definition) is 2. The summed E-state index contributed by atoms with van der Waals surface area (Å²) in [5.41, 5.74) is 2.35. The molecule has 0 aliphatic heterocycles. The SMILES string of the molecule is CC(=O)CCc1cccc(NC(C)C)c1. The maximum Gasteiger partial charge on any atom is 0.130 e. The Balaban J connectivity index is 2.61. The van der Waals surface area contributed by atoms with Crippen LogP contribution in [0.5, 0.6) is 0 Å². The topological polar surface area (TPSA) is 29.1 Å². The molecule has 0 aliphatic rings. The smallest absolute Gasteiger partial charge is 0.130 e. The van der Waals surface area contributed by atoms with Gasteiger partial charge in [-0.05, 0) is 44.9 Å². The van der Waals surface area contributed by atoms with Crippen molar-refractivity contribution in [3.05, 3.63) is 29.8 Å². The lowest BCUT2D eigenvalue weighted by Gasteiger charge is -2.10. The van der Waals surface area contributed by atoms with Crippen molar-refractivity contribution in [3.8, 4) is 0 Å². The lowest BCUT2D eigenvalue weighted by molar-refractivity contribution is -0.116. The van der Waals surface area contributed by atoms with Crippen molar-refractivity contribution in [1.29, 1.82) is 0 Å². The van der Waals surface area contributed by atoms with Gasteiger partial charge in [0.05, 0.1) is 0 Å². The van der Waals surface area contributed by atoms with Gasteiger partial charge in [0.15, 0.2) is 0 Å². The summed E-state index contributed by atoms with van der Waals surface area (Å²) in [6.45, 7) is 5.86. The van der Waals surface area contributed by atoms with Gasteiger partial charge in [0, 0.05) is 18.2 Å². The van der Waals surface area contributed by atoms with Gasteiger partial charge in [-0.2, -0.15) is 0 Å². The van der Waals surface area contributed by atoms with Crippen LogP contribution in [0, 0.1) is 0 Å². The minimum atomic E-state index is 0.247. The van der Waals surface area contributed by atoms with Crippen LogP contribution in [0.15, 0.2) is 24.3 Å². The van der Waals surface area contributed by atoms with Crippen molar-refractivity contribution in [3.63, 3.8) is 0 Å². The molecule has 0 bridgehead atoms. The van der Waals surface area contributed by atoms with Crippen LogP contribution in [0.2, 0.25) is 0 Å². The number of carbonyl (C=O) groups excluding carboxylic acids is 1. The second-order valence-corrected chi connectivity index (χ2v) is 4.20. The molecule has 0 aromatic heterocycles. The normalized spacial score (nSPS) is 10.4. The predicted octanol–water partition coefficient (Wildman–Crippen LogP) is 3.03. The molecule has 82 valence electrons. The lowest BCUT2D eigenvalue weighted by Crippen LogP contribution is -2.09. The molecular formula is C13H19NO. The summed E-state index contributed by atoms with van der Waals surface area (Å²) in [7, 11) is 0. The van der Waals surface area contributed by atoms with Gasteiger partial charge in [-0.3, -0.25) is 0 Å². The molecule has 0 saturated carbocycles. The highest BCUT2D eigenvalue weighted by molar-refractivity contribution is 5.75. The molecule has 0 radical (unpaired) electrons. The van der Waals surface area contributed by atoms with Gasteiger partial charge in [0.2, 0.25) is 0 Å². The number of ketones is 1. The fourth-order valence-electron chi connectivity index (χ4n) is 1.47. The highest BCUT2D eigenvalue weighted by atomic mass is 16.1. The molecular weight excluding hydrogens is 186 g/mol. The lowest BCUT2D eigenvalue weighted by atomic mass is 10.1. The summed E-state index contributed by atoms with van der Waals surface area (Å²) < 4.78 is 0. The zero-order valence-electron chi connectivity index (χ0n) is 9.71. The summed E-state index contributed by atoms with van der Waals surface area (Å²) >= 11 is 0. The quantitative estimate of drug-likeness (QED) is 0.800. The van der Waals surface area contributed by atoms with Gasteiger partial charge in [0.25, 0.3) is 0 Å². The molecule has 2 heteroatoms. The third-order valence-corrected chi connectivity index (χ3v) is 2.15. The van der Waals surface area contributed by atoms with Crippen LogP contribution in [-0.4, -0.2) is 11.8 Å². The van der Waals surface area contributed by atoms with E-state index < -0.39 is 0 Å². The third kappa shape index (κ3) is 4.63. The first-order valence-electron chi connectivity index (χ1n) is 5.43. The number of hydrogen-bond donors (Lipinski definition) is 1. The number of Topliss-reactive ketones (excluding diaryl/α,β-unsaturated/α-hetero) is 1. The number of anilines is 1. The zero-order chi connectivity index (χ0) is 11.3. The maximum atomic E-state index is 10.9. The van der Waals surface area contributed by atoms with E-state index in [4.69, 9.17) is 0 Å². The van der Waals surface area contributed by atoms with E-state index in [0.717, 1.165) is 12.1 Å². The fourth-order valence-corrected chi connectivity index (χ4v) is 1.47. The monoisotopic (exact) mass is 205 g/mol. The number of rotatable bonds is 5. The van der Waals surface area contributed by atoms with E-state index in [2.05, 4.69) is 37.4 Å². The van der Waals surface area contributed by atoms with Crippen molar-refractivity contribution >= 4 is 11.5 Å². The standard InChI is InChI=1S/C13H19NO/c1-10(2)14-13-6-4-5-12(9-13)8-7-11(3)15/h4-6,9-10,14H,7-8H2,1-3H3. The van der Waals surface area contributed by atoms with Crippen LogP contribution < -0.4 is 5.32 Å². The Morgan fingerprint density at radius 2 is 2.13 bits per heavy atom. The van der Waals surface area contributed by atoms with E-state index in [1.807, 2.05) is 6.07 Å². The van der Waals surface area contributed by atoms with E-state index in [-0.39, 0.29) is 5.78 Å². The molecule has 0 amide bonds. The Morgan fingerprint density at radius 1 is 1.40 bits per heavy atom. The second kappa shape index (κ2) is 5.54. The van der Waals surface area contributed by atoms with Crippen LogP contribution in [0.25, 0.3) is 0 Å². The van der Waals surface area contributed by atoms with Crippen molar-refractivity contribution < 1.29 is 4.79 Å². The van der Waals surface area contributed by atoms with E-state index in [1.165, 1.54) is 5.56 Å². The molecule has 1 rings (SSSR count). The first-order valence-corrected chi connectivity index (χ1v) is 5.43. The first-order chi connectivity index (χ1) is 7.08. The molecule has 0 fully saturated rings. The van der Waals surface area contributed by atoms with Gasteiger partial charge in [0.1, 0.15) is 5.78 Å². The van der Waals surface area contributed by atoms with Crippen molar-refractivity contribution in [1.82, 2.24) is 0 Å². The number of carbonyl (C=O) groups is 1. The largest absolute Gasteiger partial charge is 0.383 e. The van der Waals surface area contributed by atoms with Gasteiger partial charge < -0.3 is 10.1 Å². The van der Waals surface area contributed by atoms with Crippen LogP contribution >= 0.6 is 0 Å². The maximum absolute atomic E-state index is 10.9. The second-order valence-electron chi connectivity index (χ2n) is 4.20. The van der Waals surface area contributed by atoms with Crippen LogP contribution in [0.3, 0.4) is 0 Å². The molecule has 1 aromatic rings. The van der Waals surface area contributed by atoms with E-state index in [9.17, 15) is 4.79 Å². The molecule has 1 aromatic carbocycles. The van der Waals surface area contributed by atoms with Gasteiger partial charge in [-0.15, -0.1) is 0 Å². The Hall–Kier alpha value is -1.31. The highest BCUT2D eigenvalue weighted by Crippen LogP contribution is 2.13. The summed E-state index contributed by atoms with van der Waals surface area (Å²) in [6, 6.07) is 8.70. The minimum Gasteiger partial charge on any atom is -0.383 e. The Kier molecular flexibility index (Phi) is 4.35. The molecule has 0 aliphatic carbocycles. The van der Waals surface area contributed by atoms with Crippen LogP contribution in [-0.2, 0) is 11.2 Å². The molecule has 0 saturated heterocycles. The average Bonchev–Trinajstić information content (AvgIpc) is 2.14. The number of nitrogens with one attached hydrogen (secondary N) is 1. The Labute approximate surface area is 91.7 Å². The van der Waals surface area contributed by atoms with Crippen molar-refractivity contribution in [2.75, 3.05) is 5.32 Å². The average molecular weight is 205 g/mol. The highest BCUT2D eigenvalue weighted by Gasteiger charge is 1.99. The molecule has 0 unspecified atom stereocenters. The molecule has 0 spiro atoms. The summed E-state index contributed by atoms with van der Waals surface area (Å²) in [5.74, 6) is 0.247. The summed E-state index contributed by atoms with van der Waals surface area (Å²) in [5, 5.41) is 3.35. The summed E-state index contributed by atoms with van der Waals surface area (Å²) in [4.78, 5) is 10.9. The van der Waals surface area contributed by atoms with Crippen molar-refractivity contribution in [2.24, 2.45) is 0 Å². The van der Waals surface area contributed by atoms with E-state index in [0.29, 0.717) is 12.5 Å². The fraction of sp³-hybridized carbons (Fsp3) is 0.462. The molecule has 1 N–H and O–H groups in total. The van der Waals surface area contributed by atoms with Gasteiger partial charge >= 0.3 is 0 Å². The number of aryl methyl sites for hydroxylation is 1. The third-order valence-electron chi connectivity index (χ3n) is 2.15. The van der Waals surface area contributed by atoms with Crippen LogP contribution in [0.1, 0.15) is 32.8 Å².